The number of H-pyrrole nitrogens is 1. The van der Waals surface area contributed by atoms with Crippen molar-refractivity contribution in [1.82, 2.24) is 15.1 Å². The molecule has 2 heterocycles. The van der Waals surface area contributed by atoms with Crippen LogP contribution in [-0.4, -0.2) is 62.0 Å². The number of amides is 1. The van der Waals surface area contributed by atoms with Gasteiger partial charge in [-0.1, -0.05) is 6.07 Å². The maximum Gasteiger partial charge on any atom is 0.231 e. The molecule has 0 saturated carbocycles. The number of ether oxygens (including phenoxy) is 3. The van der Waals surface area contributed by atoms with Crippen molar-refractivity contribution in [2.45, 2.75) is 19.8 Å². The van der Waals surface area contributed by atoms with Gasteiger partial charge in [0.1, 0.15) is 23.9 Å². The fourth-order valence-electron chi connectivity index (χ4n) is 4.02. The van der Waals surface area contributed by atoms with Crippen molar-refractivity contribution in [2.24, 2.45) is 5.92 Å². The maximum absolute atomic E-state index is 13.2. The summed E-state index contributed by atoms with van der Waals surface area (Å²) in [7, 11) is 5.70. The number of aromatic amines is 1. The van der Waals surface area contributed by atoms with Crippen molar-refractivity contribution in [3.63, 3.8) is 0 Å². The molecule has 0 fully saturated rings. The Bertz CT molecular complexity index is 1140. The number of hydrogen-bond acceptors (Lipinski definition) is 6. The fraction of sp³-hybridized carbons (Fsp3) is 0.385. The van der Waals surface area contributed by atoms with Crippen LogP contribution in [-0.2, 0) is 11.2 Å². The smallest absolute Gasteiger partial charge is 0.231 e. The van der Waals surface area contributed by atoms with E-state index in [4.69, 9.17) is 14.2 Å². The number of nitrogens with one attached hydrogen (secondary N) is 2. The summed E-state index contributed by atoms with van der Waals surface area (Å²) in [6.45, 7) is 3.78. The molecule has 0 radical (unpaired) electrons. The molecule has 1 atom stereocenters. The zero-order valence-corrected chi connectivity index (χ0v) is 20.2. The summed E-state index contributed by atoms with van der Waals surface area (Å²) in [5, 5.41) is 10.2. The van der Waals surface area contributed by atoms with Gasteiger partial charge < -0.3 is 24.4 Å². The van der Waals surface area contributed by atoms with Crippen LogP contribution in [0, 0.1) is 12.8 Å². The third-order valence-electron chi connectivity index (χ3n) is 5.93. The van der Waals surface area contributed by atoms with Gasteiger partial charge in [-0.15, -0.1) is 0 Å². The molecule has 0 bridgehead atoms. The SMILES string of the molecule is COc1ccc2c(c1)C[C@H](C(=O)Nc1ccc(-c3cn[nH]c3C)cc1OCCCN(C)C)CO2. The van der Waals surface area contributed by atoms with Gasteiger partial charge in [-0.3, -0.25) is 9.89 Å². The Hall–Kier alpha value is -3.52. The van der Waals surface area contributed by atoms with Gasteiger partial charge in [0.05, 0.1) is 31.5 Å². The summed E-state index contributed by atoms with van der Waals surface area (Å²) < 4.78 is 17.3. The second-order valence-electron chi connectivity index (χ2n) is 8.80. The summed E-state index contributed by atoms with van der Waals surface area (Å²) in [5.74, 6) is 1.79. The van der Waals surface area contributed by atoms with Crippen molar-refractivity contribution in [1.29, 1.82) is 0 Å². The fourth-order valence-corrected chi connectivity index (χ4v) is 4.02. The van der Waals surface area contributed by atoms with Crippen LogP contribution < -0.4 is 19.5 Å². The monoisotopic (exact) mass is 464 g/mol. The lowest BCUT2D eigenvalue weighted by molar-refractivity contribution is -0.121. The van der Waals surface area contributed by atoms with E-state index in [0.717, 1.165) is 46.8 Å². The van der Waals surface area contributed by atoms with Crippen LogP contribution in [0.2, 0.25) is 0 Å². The van der Waals surface area contributed by atoms with Gasteiger partial charge in [-0.2, -0.15) is 5.10 Å². The number of hydrogen-bond donors (Lipinski definition) is 2. The average molecular weight is 465 g/mol. The zero-order chi connectivity index (χ0) is 24.1. The second-order valence-corrected chi connectivity index (χ2v) is 8.80. The van der Waals surface area contributed by atoms with Crippen LogP contribution in [0.25, 0.3) is 11.1 Å². The number of fused-ring (bicyclic) bond motifs is 1. The molecule has 34 heavy (non-hydrogen) atoms. The number of methoxy groups -OCH3 is 1. The first-order chi connectivity index (χ1) is 16.4. The zero-order valence-electron chi connectivity index (χ0n) is 20.2. The first kappa shape index (κ1) is 23.6. The Morgan fingerprint density at radius 3 is 2.85 bits per heavy atom. The average Bonchev–Trinajstić information content (AvgIpc) is 3.27. The highest BCUT2D eigenvalue weighted by Gasteiger charge is 2.27. The van der Waals surface area contributed by atoms with Gasteiger partial charge in [0.25, 0.3) is 0 Å². The molecule has 180 valence electrons. The second kappa shape index (κ2) is 10.6. The summed E-state index contributed by atoms with van der Waals surface area (Å²) in [6.07, 6.45) is 3.26. The van der Waals surface area contributed by atoms with Gasteiger partial charge in [0.15, 0.2) is 0 Å². The van der Waals surface area contributed by atoms with E-state index in [2.05, 4.69) is 20.4 Å². The van der Waals surface area contributed by atoms with Crippen LogP contribution in [0.5, 0.6) is 17.2 Å². The molecule has 8 heteroatoms. The first-order valence-electron chi connectivity index (χ1n) is 11.5. The lowest BCUT2D eigenvalue weighted by Crippen LogP contribution is -2.32. The molecule has 0 saturated heterocycles. The number of aryl methyl sites for hydroxylation is 1. The largest absolute Gasteiger partial charge is 0.497 e. The van der Waals surface area contributed by atoms with Gasteiger partial charge in [-0.05, 0) is 75.3 Å². The van der Waals surface area contributed by atoms with E-state index in [9.17, 15) is 4.79 Å². The molecule has 0 aliphatic carbocycles. The van der Waals surface area contributed by atoms with Crippen molar-refractivity contribution >= 4 is 11.6 Å². The van der Waals surface area contributed by atoms with E-state index in [1.807, 2.05) is 57.4 Å². The van der Waals surface area contributed by atoms with Gasteiger partial charge in [-0.25, -0.2) is 0 Å². The Balaban J connectivity index is 1.51. The highest BCUT2D eigenvalue weighted by Crippen LogP contribution is 2.34. The van der Waals surface area contributed by atoms with Crippen LogP contribution >= 0.6 is 0 Å². The van der Waals surface area contributed by atoms with Gasteiger partial charge in [0, 0.05) is 17.8 Å². The summed E-state index contributed by atoms with van der Waals surface area (Å²) in [4.78, 5) is 15.3. The number of carbonyl (C=O) groups is 1. The minimum atomic E-state index is -0.308. The highest BCUT2D eigenvalue weighted by atomic mass is 16.5. The molecule has 8 nitrogen and oxygen atoms in total. The van der Waals surface area contributed by atoms with E-state index in [1.54, 1.807) is 13.3 Å². The van der Waals surface area contributed by atoms with Gasteiger partial charge in [0.2, 0.25) is 5.91 Å². The van der Waals surface area contributed by atoms with E-state index in [-0.39, 0.29) is 11.8 Å². The minimum Gasteiger partial charge on any atom is -0.497 e. The molecular weight excluding hydrogens is 432 g/mol. The topological polar surface area (TPSA) is 88.7 Å². The molecule has 2 N–H and O–H groups in total. The molecule has 1 aliphatic rings. The number of aromatic nitrogens is 2. The molecule has 0 unspecified atom stereocenters. The van der Waals surface area contributed by atoms with Crippen LogP contribution in [0.1, 0.15) is 17.7 Å². The molecule has 1 amide bonds. The summed E-state index contributed by atoms with van der Waals surface area (Å²) in [5.41, 5.74) is 4.58. The highest BCUT2D eigenvalue weighted by molar-refractivity contribution is 5.95. The Labute approximate surface area is 200 Å². The molecule has 4 rings (SSSR count). The molecule has 3 aromatic rings. The Morgan fingerprint density at radius 1 is 1.26 bits per heavy atom. The number of carbonyl (C=O) groups excluding carboxylic acids is 1. The molecule has 0 spiro atoms. The van der Waals surface area contributed by atoms with Crippen LogP contribution in [0.4, 0.5) is 5.69 Å². The lowest BCUT2D eigenvalue weighted by atomic mass is 9.95. The standard InChI is InChI=1S/C26H32N4O4/c1-17-22(15-27-29-17)18-6-8-23(25(14-18)33-11-5-10-30(2)3)28-26(31)20-12-19-13-21(32-4)7-9-24(19)34-16-20/h6-9,13-15,20H,5,10-12,16H2,1-4H3,(H,27,29)(H,28,31)/t20-/m0/s1. The number of nitrogens with zero attached hydrogens (tertiary/aromatic N) is 2. The van der Waals surface area contributed by atoms with Gasteiger partial charge >= 0.3 is 0 Å². The van der Waals surface area contributed by atoms with Crippen molar-refractivity contribution in [3.05, 3.63) is 53.9 Å². The van der Waals surface area contributed by atoms with Crippen LogP contribution in [0.15, 0.2) is 42.6 Å². The van der Waals surface area contributed by atoms with Crippen molar-refractivity contribution < 1.29 is 19.0 Å². The van der Waals surface area contributed by atoms with E-state index in [1.165, 1.54) is 0 Å². The van der Waals surface area contributed by atoms with E-state index >= 15 is 0 Å². The van der Waals surface area contributed by atoms with E-state index < -0.39 is 0 Å². The summed E-state index contributed by atoms with van der Waals surface area (Å²) in [6, 6.07) is 11.5. The Morgan fingerprint density at radius 2 is 2.12 bits per heavy atom. The molecule has 2 aromatic carbocycles. The maximum atomic E-state index is 13.2. The third kappa shape index (κ3) is 5.51. The Kier molecular flexibility index (Phi) is 7.37. The number of rotatable bonds is 9. The lowest BCUT2D eigenvalue weighted by Gasteiger charge is -2.25. The molecule has 1 aliphatic heterocycles. The third-order valence-corrected chi connectivity index (χ3v) is 5.93. The number of benzene rings is 2. The van der Waals surface area contributed by atoms with E-state index in [0.29, 0.717) is 31.1 Å². The number of anilines is 1. The first-order valence-corrected chi connectivity index (χ1v) is 11.5. The van der Waals surface area contributed by atoms with Crippen molar-refractivity contribution in [3.8, 4) is 28.4 Å². The minimum absolute atomic E-state index is 0.0983. The van der Waals surface area contributed by atoms with Crippen molar-refractivity contribution in [2.75, 3.05) is 46.3 Å². The predicted molar refractivity (Wildman–Crippen MR) is 132 cm³/mol. The molecule has 1 aromatic heterocycles. The quantitative estimate of drug-likeness (QED) is 0.467. The predicted octanol–water partition coefficient (Wildman–Crippen LogP) is 3.91. The summed E-state index contributed by atoms with van der Waals surface area (Å²) >= 11 is 0. The normalized spacial score (nSPS) is 14.9. The molecular formula is C26H32N4O4. The van der Waals surface area contributed by atoms with Crippen LogP contribution in [0.3, 0.4) is 0 Å².